The molecule has 0 amide bonds. The third-order valence-electron chi connectivity index (χ3n) is 4.22. The van der Waals surface area contributed by atoms with E-state index in [4.69, 9.17) is 9.39 Å². The first-order valence-electron chi connectivity index (χ1n) is 8.95. The van der Waals surface area contributed by atoms with Crippen LogP contribution in [0.15, 0.2) is 96.9 Å². The minimum Gasteiger partial charge on any atom is -0.526 e. The van der Waals surface area contributed by atoms with Crippen LogP contribution in [0.5, 0.6) is 0 Å². The molecule has 0 bridgehead atoms. The third-order valence-corrected chi connectivity index (χ3v) is 4.22. The highest BCUT2D eigenvalue weighted by atomic mass is 16.7. The molecule has 0 saturated carbocycles. The lowest BCUT2D eigenvalue weighted by atomic mass is 9.55. The zero-order chi connectivity index (χ0) is 18.2. The van der Waals surface area contributed by atoms with Gasteiger partial charge in [0.2, 0.25) is 0 Å². The summed E-state index contributed by atoms with van der Waals surface area (Å²) < 4.78 is 12.3. The van der Waals surface area contributed by atoms with Crippen LogP contribution >= 0.6 is 0 Å². The molecule has 0 aliphatic heterocycles. The molecule has 0 saturated heterocycles. The summed E-state index contributed by atoms with van der Waals surface area (Å²) in [6.07, 6.45) is 0. The predicted octanol–water partition coefficient (Wildman–Crippen LogP) is 4.23. The molecule has 0 fully saturated rings. The number of hydrogen-bond acceptors (Lipinski definition) is 2. The highest BCUT2D eigenvalue weighted by Crippen LogP contribution is 2.20. The van der Waals surface area contributed by atoms with Crippen molar-refractivity contribution >= 4 is 23.4 Å². The standard InChI is InChI=1S/C23H23BO2/c1-3-25-23(19(2)20-13-7-4-8-14-20)26-24(21-15-9-5-10-16-21)22-17-11-6-12-18-22/h4-18H,3H2,1-2H3/b23-19+. The summed E-state index contributed by atoms with van der Waals surface area (Å²) in [6, 6.07) is 30.7. The van der Waals surface area contributed by atoms with Crippen molar-refractivity contribution in [2.24, 2.45) is 0 Å². The van der Waals surface area contributed by atoms with Gasteiger partial charge in [0.1, 0.15) is 0 Å². The second-order valence-corrected chi connectivity index (χ2v) is 6.03. The first-order valence-corrected chi connectivity index (χ1v) is 8.95. The largest absolute Gasteiger partial charge is 0.526 e. The van der Waals surface area contributed by atoms with Gasteiger partial charge in [0, 0.05) is 5.57 Å². The van der Waals surface area contributed by atoms with Crippen LogP contribution in [0.25, 0.3) is 5.57 Å². The Morgan fingerprint density at radius 1 is 0.731 bits per heavy atom. The molecule has 3 aromatic rings. The van der Waals surface area contributed by atoms with Crippen molar-refractivity contribution in [3.05, 3.63) is 103 Å². The number of benzene rings is 3. The van der Waals surface area contributed by atoms with Crippen LogP contribution in [0.3, 0.4) is 0 Å². The van der Waals surface area contributed by atoms with E-state index in [1.165, 1.54) is 0 Å². The molecule has 0 aliphatic rings. The fourth-order valence-electron chi connectivity index (χ4n) is 2.86. The van der Waals surface area contributed by atoms with Crippen LogP contribution in [-0.4, -0.2) is 13.5 Å². The summed E-state index contributed by atoms with van der Waals surface area (Å²) in [5.41, 5.74) is 4.27. The number of ether oxygens (including phenoxy) is 1. The third kappa shape index (κ3) is 4.37. The zero-order valence-electron chi connectivity index (χ0n) is 15.3. The average molecular weight is 342 g/mol. The molecule has 3 heteroatoms. The molecule has 0 spiro atoms. The quantitative estimate of drug-likeness (QED) is 0.472. The molecule has 0 radical (unpaired) electrons. The Labute approximate surface area is 156 Å². The van der Waals surface area contributed by atoms with Gasteiger partial charge < -0.3 is 9.39 Å². The number of allylic oxidation sites excluding steroid dienone is 1. The van der Waals surface area contributed by atoms with Gasteiger partial charge in [-0.3, -0.25) is 0 Å². The highest BCUT2D eigenvalue weighted by molar-refractivity contribution is 6.80. The van der Waals surface area contributed by atoms with E-state index in [2.05, 4.69) is 36.4 Å². The van der Waals surface area contributed by atoms with Crippen LogP contribution in [0.4, 0.5) is 0 Å². The molecule has 0 atom stereocenters. The molecular weight excluding hydrogens is 319 g/mol. The van der Waals surface area contributed by atoms with Crippen LogP contribution in [-0.2, 0) is 9.39 Å². The molecule has 0 N–H and O–H groups in total. The second kappa shape index (κ2) is 8.96. The first kappa shape index (κ1) is 17.9. The van der Waals surface area contributed by atoms with Gasteiger partial charge in [0.15, 0.2) is 0 Å². The Hall–Kier alpha value is -2.94. The molecule has 3 rings (SSSR count). The number of rotatable bonds is 7. The van der Waals surface area contributed by atoms with E-state index in [1.54, 1.807) is 0 Å². The minimum atomic E-state index is -0.224. The van der Waals surface area contributed by atoms with Crippen molar-refractivity contribution in [1.82, 2.24) is 0 Å². The fourth-order valence-corrected chi connectivity index (χ4v) is 2.86. The van der Waals surface area contributed by atoms with Crippen molar-refractivity contribution < 1.29 is 9.39 Å². The van der Waals surface area contributed by atoms with Gasteiger partial charge in [0.25, 0.3) is 5.95 Å². The van der Waals surface area contributed by atoms with Gasteiger partial charge in [-0.2, -0.15) is 0 Å². The molecule has 0 aliphatic carbocycles. The molecule has 3 aromatic carbocycles. The molecular formula is C23H23BO2. The van der Waals surface area contributed by atoms with E-state index in [0.29, 0.717) is 12.6 Å². The maximum absolute atomic E-state index is 6.44. The molecule has 0 unspecified atom stereocenters. The van der Waals surface area contributed by atoms with Crippen molar-refractivity contribution in [3.63, 3.8) is 0 Å². The summed E-state index contributed by atoms with van der Waals surface area (Å²) in [6.45, 7) is 4.34. The van der Waals surface area contributed by atoms with Crippen molar-refractivity contribution in [1.29, 1.82) is 0 Å². The van der Waals surface area contributed by atoms with E-state index in [9.17, 15) is 0 Å². The summed E-state index contributed by atoms with van der Waals surface area (Å²) in [7, 11) is 0. The second-order valence-electron chi connectivity index (χ2n) is 6.03. The Morgan fingerprint density at radius 3 is 1.65 bits per heavy atom. The lowest BCUT2D eigenvalue weighted by Crippen LogP contribution is -2.45. The Balaban J connectivity index is 2.01. The van der Waals surface area contributed by atoms with Crippen LogP contribution < -0.4 is 10.9 Å². The molecule has 130 valence electrons. The van der Waals surface area contributed by atoms with Gasteiger partial charge in [0.05, 0.1) is 6.61 Å². The molecule has 0 heterocycles. The monoisotopic (exact) mass is 342 g/mol. The van der Waals surface area contributed by atoms with Crippen LogP contribution in [0.1, 0.15) is 19.4 Å². The fraction of sp³-hybridized carbons (Fsp3) is 0.130. The first-order chi connectivity index (χ1) is 12.8. The van der Waals surface area contributed by atoms with Crippen molar-refractivity contribution in [2.75, 3.05) is 6.61 Å². The topological polar surface area (TPSA) is 18.5 Å². The van der Waals surface area contributed by atoms with E-state index in [-0.39, 0.29) is 6.92 Å². The van der Waals surface area contributed by atoms with E-state index in [1.807, 2.05) is 68.4 Å². The molecule has 0 aromatic heterocycles. The summed E-state index contributed by atoms with van der Waals surface area (Å²) in [5, 5.41) is 0. The van der Waals surface area contributed by atoms with Gasteiger partial charge in [-0.15, -0.1) is 0 Å². The molecule has 2 nitrogen and oxygen atoms in total. The Morgan fingerprint density at radius 2 is 1.19 bits per heavy atom. The van der Waals surface area contributed by atoms with Crippen molar-refractivity contribution in [3.8, 4) is 0 Å². The zero-order valence-corrected chi connectivity index (χ0v) is 15.3. The lowest BCUT2D eigenvalue weighted by Gasteiger charge is -2.21. The van der Waals surface area contributed by atoms with Gasteiger partial charge >= 0.3 is 6.92 Å². The molecule has 26 heavy (non-hydrogen) atoms. The Bertz CT molecular complexity index is 790. The lowest BCUT2D eigenvalue weighted by molar-refractivity contribution is 0.120. The minimum absolute atomic E-state index is 0.224. The summed E-state index contributed by atoms with van der Waals surface area (Å²) >= 11 is 0. The maximum Gasteiger partial charge on any atom is 0.429 e. The number of hydrogen-bond donors (Lipinski definition) is 0. The summed E-state index contributed by atoms with van der Waals surface area (Å²) in [5.74, 6) is 0.566. The van der Waals surface area contributed by atoms with Gasteiger partial charge in [-0.05, 0) is 30.3 Å². The SMILES string of the molecule is CCO/C(OB(c1ccccc1)c1ccccc1)=C(/C)c1ccccc1. The van der Waals surface area contributed by atoms with Crippen LogP contribution in [0, 0.1) is 0 Å². The van der Waals surface area contributed by atoms with E-state index >= 15 is 0 Å². The summed E-state index contributed by atoms with van der Waals surface area (Å²) in [4.78, 5) is 0. The van der Waals surface area contributed by atoms with Crippen LogP contribution in [0.2, 0.25) is 0 Å². The average Bonchev–Trinajstić information content (AvgIpc) is 2.72. The van der Waals surface area contributed by atoms with E-state index < -0.39 is 0 Å². The predicted molar refractivity (Wildman–Crippen MR) is 110 cm³/mol. The smallest absolute Gasteiger partial charge is 0.429 e. The van der Waals surface area contributed by atoms with E-state index in [0.717, 1.165) is 22.1 Å². The van der Waals surface area contributed by atoms with Gasteiger partial charge in [-0.25, -0.2) is 0 Å². The highest BCUT2D eigenvalue weighted by Gasteiger charge is 2.25. The maximum atomic E-state index is 6.44. The van der Waals surface area contributed by atoms with Gasteiger partial charge in [-0.1, -0.05) is 91.0 Å². The van der Waals surface area contributed by atoms with Crippen molar-refractivity contribution in [2.45, 2.75) is 13.8 Å². The normalized spacial score (nSPS) is 11.5. The Kier molecular flexibility index (Phi) is 6.16.